The number of nitrogens with one attached hydrogen (secondary N) is 1. The Balaban J connectivity index is 2.37. The first-order valence-corrected chi connectivity index (χ1v) is 6.63. The Bertz CT molecular complexity index is 413. The molecule has 6 nitrogen and oxygen atoms in total. The lowest BCUT2D eigenvalue weighted by atomic mass is 10.4. The zero-order valence-electron chi connectivity index (χ0n) is 9.02. The van der Waals surface area contributed by atoms with Crippen LogP contribution in [0.25, 0.3) is 0 Å². The van der Waals surface area contributed by atoms with Crippen molar-refractivity contribution in [3.05, 3.63) is 11.7 Å². The van der Waals surface area contributed by atoms with Crippen LogP contribution in [0.1, 0.15) is 18.6 Å². The van der Waals surface area contributed by atoms with Gasteiger partial charge in [-0.2, -0.15) is 4.98 Å². The van der Waals surface area contributed by atoms with Crippen LogP contribution in [0.3, 0.4) is 0 Å². The maximum atomic E-state index is 11.0. The number of aryl methyl sites for hydroxylation is 1. The number of sulfone groups is 1. The van der Waals surface area contributed by atoms with Crippen molar-refractivity contribution < 1.29 is 12.9 Å². The van der Waals surface area contributed by atoms with Gasteiger partial charge in [0.05, 0.1) is 12.3 Å². The summed E-state index contributed by atoms with van der Waals surface area (Å²) in [5.41, 5.74) is 0. The van der Waals surface area contributed by atoms with E-state index in [9.17, 15) is 8.42 Å². The van der Waals surface area contributed by atoms with E-state index in [1.54, 1.807) is 13.8 Å². The van der Waals surface area contributed by atoms with Gasteiger partial charge in [-0.25, -0.2) is 8.42 Å². The second-order valence-corrected chi connectivity index (χ2v) is 5.79. The zero-order chi connectivity index (χ0) is 11.5. The molecule has 1 rings (SSSR count). The topological polar surface area (TPSA) is 85.1 Å². The first-order chi connectivity index (χ1) is 6.87. The molecule has 15 heavy (non-hydrogen) atoms. The van der Waals surface area contributed by atoms with Crippen molar-refractivity contribution in [1.29, 1.82) is 0 Å². The summed E-state index contributed by atoms with van der Waals surface area (Å²) in [5.74, 6) is 1.14. The Morgan fingerprint density at radius 3 is 2.67 bits per heavy atom. The highest BCUT2D eigenvalue weighted by Gasteiger charge is 2.11. The highest BCUT2D eigenvalue weighted by atomic mass is 32.2. The number of rotatable bonds is 5. The van der Waals surface area contributed by atoms with Crippen molar-refractivity contribution in [2.75, 3.05) is 12.0 Å². The average Bonchev–Trinajstić information content (AvgIpc) is 2.45. The van der Waals surface area contributed by atoms with E-state index in [4.69, 9.17) is 4.52 Å². The monoisotopic (exact) mass is 233 g/mol. The van der Waals surface area contributed by atoms with Crippen LogP contribution >= 0.6 is 0 Å². The molecule has 1 unspecified atom stereocenters. The molecule has 1 heterocycles. The van der Waals surface area contributed by atoms with Crippen LogP contribution in [0.2, 0.25) is 0 Å². The lowest BCUT2D eigenvalue weighted by Gasteiger charge is -2.10. The molecule has 0 radical (unpaired) electrons. The van der Waals surface area contributed by atoms with Gasteiger partial charge in [-0.05, 0) is 6.92 Å². The Morgan fingerprint density at radius 1 is 1.53 bits per heavy atom. The molecule has 0 bridgehead atoms. The van der Waals surface area contributed by atoms with Crippen molar-refractivity contribution in [2.45, 2.75) is 26.4 Å². The minimum absolute atomic E-state index is 0.101. The van der Waals surface area contributed by atoms with Crippen LogP contribution in [-0.2, 0) is 16.4 Å². The minimum Gasteiger partial charge on any atom is -0.340 e. The molecule has 0 saturated heterocycles. The predicted octanol–water partition coefficient (Wildman–Crippen LogP) is -0.0993. The van der Waals surface area contributed by atoms with Crippen LogP contribution in [0.4, 0.5) is 0 Å². The maximum Gasteiger partial charge on any atom is 0.223 e. The number of hydrogen-bond donors (Lipinski definition) is 1. The largest absolute Gasteiger partial charge is 0.340 e. The molecule has 0 amide bonds. The molecule has 1 N–H and O–H groups in total. The van der Waals surface area contributed by atoms with E-state index in [0.29, 0.717) is 18.3 Å². The first-order valence-electron chi connectivity index (χ1n) is 4.57. The average molecular weight is 233 g/mol. The van der Waals surface area contributed by atoms with Crippen molar-refractivity contribution in [3.63, 3.8) is 0 Å². The van der Waals surface area contributed by atoms with E-state index in [1.807, 2.05) is 0 Å². The van der Waals surface area contributed by atoms with Crippen LogP contribution in [-0.4, -0.2) is 36.6 Å². The quantitative estimate of drug-likeness (QED) is 0.764. The van der Waals surface area contributed by atoms with Crippen molar-refractivity contribution in [1.82, 2.24) is 15.5 Å². The molecule has 0 aromatic carbocycles. The van der Waals surface area contributed by atoms with E-state index in [1.165, 1.54) is 6.26 Å². The van der Waals surface area contributed by atoms with Crippen LogP contribution < -0.4 is 5.32 Å². The molecule has 0 spiro atoms. The maximum absolute atomic E-state index is 11.0. The fourth-order valence-electron chi connectivity index (χ4n) is 1.19. The lowest BCUT2D eigenvalue weighted by molar-refractivity contribution is 0.384. The van der Waals surface area contributed by atoms with E-state index < -0.39 is 9.84 Å². The van der Waals surface area contributed by atoms with E-state index in [-0.39, 0.29) is 11.8 Å². The molecule has 1 atom stereocenters. The molecule has 0 aliphatic rings. The predicted molar refractivity (Wildman–Crippen MR) is 55.0 cm³/mol. The smallest absolute Gasteiger partial charge is 0.223 e. The third-order valence-corrected chi connectivity index (χ3v) is 2.84. The van der Waals surface area contributed by atoms with Gasteiger partial charge in [0, 0.05) is 19.2 Å². The Labute approximate surface area is 89.0 Å². The highest BCUT2D eigenvalue weighted by molar-refractivity contribution is 7.90. The summed E-state index contributed by atoms with van der Waals surface area (Å²) in [4.78, 5) is 3.99. The number of aromatic nitrogens is 2. The molecular formula is C8H15N3O3S. The standard InChI is InChI=1S/C8H15N3O3S/c1-6(5-15(3,12)13)9-4-8-10-7(2)14-11-8/h6,9H,4-5H2,1-3H3. The molecular weight excluding hydrogens is 218 g/mol. The number of nitrogens with zero attached hydrogens (tertiary/aromatic N) is 2. The lowest BCUT2D eigenvalue weighted by Crippen LogP contribution is -2.32. The van der Waals surface area contributed by atoms with Crippen molar-refractivity contribution in [2.24, 2.45) is 0 Å². The Hall–Kier alpha value is -0.950. The fourth-order valence-corrected chi connectivity index (χ4v) is 2.22. The summed E-state index contributed by atoms with van der Waals surface area (Å²) in [6.07, 6.45) is 1.21. The summed E-state index contributed by atoms with van der Waals surface area (Å²) in [5, 5.41) is 6.69. The summed E-state index contributed by atoms with van der Waals surface area (Å²) in [6, 6.07) is -0.126. The third kappa shape index (κ3) is 4.89. The van der Waals surface area contributed by atoms with Gasteiger partial charge in [-0.1, -0.05) is 5.16 Å². The SMILES string of the molecule is Cc1nc(CNC(C)CS(C)(=O)=O)no1. The van der Waals surface area contributed by atoms with E-state index in [2.05, 4.69) is 15.5 Å². The molecule has 7 heteroatoms. The Morgan fingerprint density at radius 2 is 2.20 bits per heavy atom. The summed E-state index contributed by atoms with van der Waals surface area (Å²) in [7, 11) is -2.95. The third-order valence-electron chi connectivity index (χ3n) is 1.73. The van der Waals surface area contributed by atoms with Gasteiger partial charge >= 0.3 is 0 Å². The fraction of sp³-hybridized carbons (Fsp3) is 0.750. The number of hydrogen-bond acceptors (Lipinski definition) is 6. The van der Waals surface area contributed by atoms with E-state index >= 15 is 0 Å². The molecule has 0 fully saturated rings. The Kier molecular flexibility index (Phi) is 3.81. The molecule has 0 aliphatic carbocycles. The van der Waals surface area contributed by atoms with Crippen LogP contribution in [0.15, 0.2) is 4.52 Å². The minimum atomic E-state index is -2.95. The second-order valence-electron chi connectivity index (χ2n) is 3.60. The molecule has 1 aromatic rings. The zero-order valence-corrected chi connectivity index (χ0v) is 9.84. The molecule has 86 valence electrons. The van der Waals surface area contributed by atoms with Gasteiger partial charge in [-0.15, -0.1) is 0 Å². The van der Waals surface area contributed by atoms with Crippen molar-refractivity contribution in [3.8, 4) is 0 Å². The first kappa shape index (κ1) is 12.1. The molecule has 0 saturated carbocycles. The second kappa shape index (κ2) is 4.71. The van der Waals surface area contributed by atoms with Crippen LogP contribution in [0.5, 0.6) is 0 Å². The van der Waals surface area contributed by atoms with Gasteiger partial charge in [-0.3, -0.25) is 0 Å². The van der Waals surface area contributed by atoms with Crippen molar-refractivity contribution >= 4 is 9.84 Å². The van der Waals surface area contributed by atoms with Gasteiger partial charge < -0.3 is 9.84 Å². The summed E-state index contributed by atoms with van der Waals surface area (Å²) < 4.78 is 26.7. The van der Waals surface area contributed by atoms with Crippen LogP contribution in [0, 0.1) is 6.92 Å². The van der Waals surface area contributed by atoms with Gasteiger partial charge in [0.1, 0.15) is 9.84 Å². The summed E-state index contributed by atoms with van der Waals surface area (Å²) >= 11 is 0. The summed E-state index contributed by atoms with van der Waals surface area (Å²) in [6.45, 7) is 3.92. The van der Waals surface area contributed by atoms with Gasteiger partial charge in [0.25, 0.3) is 0 Å². The highest BCUT2D eigenvalue weighted by Crippen LogP contribution is 1.96. The van der Waals surface area contributed by atoms with E-state index in [0.717, 1.165) is 0 Å². The van der Waals surface area contributed by atoms with Gasteiger partial charge in [0.2, 0.25) is 5.89 Å². The molecule has 0 aliphatic heterocycles. The normalized spacial score (nSPS) is 14.1. The molecule has 1 aromatic heterocycles. The van der Waals surface area contributed by atoms with Gasteiger partial charge in [0.15, 0.2) is 5.82 Å².